The number of aldehydes is 1. The van der Waals surface area contributed by atoms with Gasteiger partial charge in [-0.25, -0.2) is 0 Å². The summed E-state index contributed by atoms with van der Waals surface area (Å²) in [6.07, 6.45) is -5.67. The molecule has 0 aromatic rings. The van der Waals surface area contributed by atoms with Gasteiger partial charge in [0, 0.05) is 0 Å². The van der Waals surface area contributed by atoms with E-state index < -0.39 is 32.7 Å². The van der Waals surface area contributed by atoms with Crippen molar-refractivity contribution in [2.45, 2.75) is 18.3 Å². The van der Waals surface area contributed by atoms with Crippen LogP contribution in [0.1, 0.15) is 0 Å². The molecule has 3 N–H and O–H groups in total. The fourth-order valence-corrected chi connectivity index (χ4v) is 0.910. The Kier molecular flexibility index (Phi) is 15.1. The van der Waals surface area contributed by atoms with E-state index in [1.54, 1.807) is 0 Å². The molecule has 0 radical (unpaired) electrons. The number of hydrogen-bond acceptors (Lipinski definition) is 8. The molecule has 0 rings (SSSR count). The van der Waals surface area contributed by atoms with Gasteiger partial charge < -0.3 is 39.0 Å². The van der Waals surface area contributed by atoms with Crippen LogP contribution in [0.2, 0.25) is 0 Å². The van der Waals surface area contributed by atoms with E-state index in [9.17, 15) is 19.1 Å². The molecule has 8 nitrogen and oxygen atoms in total. The molecule has 84 valence electrons. The molecular formula is C5H9Na2O8P. The number of phosphoric ester groups is 1. The molecular weight excluding hydrogens is 265 g/mol. The molecule has 0 saturated carbocycles. The minimum Gasteiger partial charge on any atom is -0.790 e. The van der Waals surface area contributed by atoms with E-state index in [1.165, 1.54) is 0 Å². The summed E-state index contributed by atoms with van der Waals surface area (Å²) in [6, 6.07) is 0. The van der Waals surface area contributed by atoms with E-state index in [4.69, 9.17) is 15.3 Å². The maximum Gasteiger partial charge on any atom is 1.00 e. The van der Waals surface area contributed by atoms with Crippen LogP contribution in [0, 0.1) is 0 Å². The van der Waals surface area contributed by atoms with E-state index in [0.717, 1.165) is 0 Å². The van der Waals surface area contributed by atoms with Gasteiger partial charge in [-0.3, -0.25) is 0 Å². The van der Waals surface area contributed by atoms with Crippen molar-refractivity contribution in [2.75, 3.05) is 6.61 Å². The van der Waals surface area contributed by atoms with Crippen LogP contribution in [-0.2, 0) is 13.9 Å². The fraction of sp³-hybridized carbons (Fsp3) is 0.800. The van der Waals surface area contributed by atoms with Gasteiger partial charge >= 0.3 is 59.1 Å². The molecule has 0 aliphatic carbocycles. The van der Waals surface area contributed by atoms with Gasteiger partial charge in [-0.15, -0.1) is 0 Å². The van der Waals surface area contributed by atoms with Crippen LogP contribution in [0.3, 0.4) is 0 Å². The number of aliphatic hydroxyl groups is 3. The molecule has 0 aliphatic heterocycles. The molecule has 0 aliphatic rings. The predicted molar refractivity (Wildman–Crippen MR) is 37.6 cm³/mol. The normalized spacial score (nSPS) is 16.3. The predicted octanol–water partition coefficient (Wildman–Crippen LogP) is -9.88. The summed E-state index contributed by atoms with van der Waals surface area (Å²) in [4.78, 5) is 29.8. The zero-order chi connectivity index (χ0) is 11.4. The first-order valence-corrected chi connectivity index (χ1v) is 4.90. The van der Waals surface area contributed by atoms with Gasteiger partial charge in [-0.1, -0.05) is 0 Å². The Morgan fingerprint density at radius 2 is 1.69 bits per heavy atom. The topological polar surface area (TPSA) is 150 Å². The van der Waals surface area contributed by atoms with Crippen LogP contribution >= 0.6 is 7.82 Å². The minimum absolute atomic E-state index is 0. The molecule has 0 spiro atoms. The maximum atomic E-state index is 9.92. The monoisotopic (exact) mass is 274 g/mol. The van der Waals surface area contributed by atoms with Crippen molar-refractivity contribution >= 4 is 14.1 Å². The van der Waals surface area contributed by atoms with Gasteiger partial charge in [0.05, 0.1) is 14.4 Å². The Morgan fingerprint density at radius 1 is 1.25 bits per heavy atom. The van der Waals surface area contributed by atoms with Crippen LogP contribution in [0.4, 0.5) is 0 Å². The van der Waals surface area contributed by atoms with Gasteiger partial charge in [0.15, 0.2) is 6.29 Å². The number of phosphoric acid groups is 1. The fourth-order valence-electron chi connectivity index (χ4n) is 0.574. The third-order valence-corrected chi connectivity index (χ3v) is 1.75. The summed E-state index contributed by atoms with van der Waals surface area (Å²) >= 11 is 0. The number of rotatable bonds is 6. The van der Waals surface area contributed by atoms with E-state index >= 15 is 0 Å². The van der Waals surface area contributed by atoms with Gasteiger partial charge in [0.25, 0.3) is 0 Å². The van der Waals surface area contributed by atoms with E-state index in [2.05, 4.69) is 4.52 Å². The third kappa shape index (κ3) is 10.8. The van der Waals surface area contributed by atoms with Crippen LogP contribution in [0.25, 0.3) is 0 Å². The largest absolute Gasteiger partial charge is 1.00 e. The Bertz CT molecular complexity index is 232. The smallest absolute Gasteiger partial charge is 0.790 e. The summed E-state index contributed by atoms with van der Waals surface area (Å²) < 4.78 is 13.5. The second-order valence-corrected chi connectivity index (χ2v) is 3.58. The van der Waals surface area contributed by atoms with Crippen molar-refractivity contribution in [2.24, 2.45) is 0 Å². The number of aliphatic hydroxyl groups excluding tert-OH is 3. The van der Waals surface area contributed by atoms with E-state index in [-0.39, 0.29) is 65.4 Å². The SMILES string of the molecule is O=CC(O)C(O)C(O)COP(=O)([O-])[O-].[Na+].[Na+]. The van der Waals surface area contributed by atoms with Gasteiger partial charge in [0.1, 0.15) is 18.3 Å². The summed E-state index contributed by atoms with van der Waals surface area (Å²) in [5.74, 6) is 0. The zero-order valence-corrected chi connectivity index (χ0v) is 13.7. The molecule has 0 fully saturated rings. The number of carbonyl (C=O) groups excluding carboxylic acids is 1. The maximum absolute atomic E-state index is 9.92. The summed E-state index contributed by atoms with van der Waals surface area (Å²) in [5, 5.41) is 26.4. The van der Waals surface area contributed by atoms with E-state index in [0.29, 0.717) is 0 Å². The molecule has 0 amide bonds. The average molecular weight is 274 g/mol. The van der Waals surface area contributed by atoms with Gasteiger partial charge in [-0.2, -0.15) is 0 Å². The van der Waals surface area contributed by atoms with Crippen LogP contribution in [-0.4, -0.2) is 46.5 Å². The molecule has 0 bridgehead atoms. The Balaban J connectivity index is -0.000000845. The van der Waals surface area contributed by atoms with Crippen LogP contribution < -0.4 is 68.9 Å². The standard InChI is InChI=1S/C5H11O8P.2Na/c6-1-3(7)5(9)4(8)2-13-14(10,11)12;;/h1,3-5,7-9H,2H2,(H2,10,11,12);;/q;2*+1/p-2. The van der Waals surface area contributed by atoms with E-state index in [1.807, 2.05) is 0 Å². The summed E-state index contributed by atoms with van der Waals surface area (Å²) in [7, 11) is -5.24. The average Bonchev–Trinajstić information content (AvgIpc) is 2.10. The number of carbonyl (C=O) groups is 1. The first-order chi connectivity index (χ1) is 6.28. The first kappa shape index (κ1) is 22.8. The Morgan fingerprint density at radius 3 is 2.00 bits per heavy atom. The molecule has 16 heavy (non-hydrogen) atoms. The Labute approximate surface area is 136 Å². The van der Waals surface area contributed by atoms with Crippen molar-refractivity contribution < 1.29 is 98.1 Å². The van der Waals surface area contributed by atoms with Crippen molar-refractivity contribution in [1.82, 2.24) is 0 Å². The Hall–Kier alpha value is 1.66. The quantitative estimate of drug-likeness (QED) is 0.245. The third-order valence-electron chi connectivity index (χ3n) is 1.29. The number of hydrogen-bond donors (Lipinski definition) is 3. The second kappa shape index (κ2) is 10.6. The van der Waals surface area contributed by atoms with Crippen LogP contribution in [0.15, 0.2) is 0 Å². The van der Waals surface area contributed by atoms with Crippen molar-refractivity contribution in [3.63, 3.8) is 0 Å². The molecule has 0 saturated heterocycles. The van der Waals surface area contributed by atoms with Crippen molar-refractivity contribution in [3.05, 3.63) is 0 Å². The molecule has 0 heterocycles. The van der Waals surface area contributed by atoms with Crippen LogP contribution in [0.5, 0.6) is 0 Å². The summed E-state index contributed by atoms with van der Waals surface area (Å²) in [5.41, 5.74) is 0. The van der Waals surface area contributed by atoms with Gasteiger partial charge in [0.2, 0.25) is 0 Å². The molecule has 3 unspecified atom stereocenters. The molecule has 11 heteroatoms. The molecule has 3 atom stereocenters. The molecule has 0 aromatic carbocycles. The van der Waals surface area contributed by atoms with Crippen molar-refractivity contribution in [1.29, 1.82) is 0 Å². The van der Waals surface area contributed by atoms with Gasteiger partial charge in [-0.05, 0) is 0 Å². The molecule has 0 aromatic heterocycles. The minimum atomic E-state index is -5.24. The first-order valence-electron chi connectivity index (χ1n) is 3.44. The zero-order valence-electron chi connectivity index (χ0n) is 8.85. The van der Waals surface area contributed by atoms with Crippen molar-refractivity contribution in [3.8, 4) is 0 Å². The second-order valence-electron chi connectivity index (χ2n) is 2.43. The summed E-state index contributed by atoms with van der Waals surface area (Å²) in [6.45, 7) is -1.02.